The van der Waals surface area contributed by atoms with Crippen molar-refractivity contribution < 1.29 is 14.3 Å². The van der Waals surface area contributed by atoms with Gasteiger partial charge in [-0.2, -0.15) is 0 Å². The smallest absolute Gasteiger partial charge is 0.242 e. The maximum Gasteiger partial charge on any atom is 0.242 e. The number of benzene rings is 1. The number of nitrogens with zero attached hydrogens (tertiary/aromatic N) is 1. The van der Waals surface area contributed by atoms with Gasteiger partial charge in [-0.3, -0.25) is 4.79 Å². The lowest BCUT2D eigenvalue weighted by Crippen LogP contribution is -2.49. The highest BCUT2D eigenvalue weighted by atomic mass is 35.5. The molecule has 0 spiro atoms. The van der Waals surface area contributed by atoms with Gasteiger partial charge >= 0.3 is 0 Å². The summed E-state index contributed by atoms with van der Waals surface area (Å²) in [5, 5.41) is 0. The summed E-state index contributed by atoms with van der Waals surface area (Å²) in [5.41, 5.74) is 5.98. The highest BCUT2D eigenvalue weighted by Crippen LogP contribution is 2.35. The first-order chi connectivity index (χ1) is 9.74. The SMILES string of the molecule is COc1cc(CN(C)C(=O)C(C)(C)N)c(SC)cc1OC.Cl. The van der Waals surface area contributed by atoms with Gasteiger partial charge in [0.1, 0.15) is 0 Å². The number of hydrogen-bond donors (Lipinski definition) is 1. The van der Waals surface area contributed by atoms with Crippen LogP contribution in [-0.2, 0) is 11.3 Å². The van der Waals surface area contributed by atoms with Crippen LogP contribution >= 0.6 is 24.2 Å². The van der Waals surface area contributed by atoms with Crippen molar-refractivity contribution in [3.05, 3.63) is 17.7 Å². The van der Waals surface area contributed by atoms with E-state index in [0.717, 1.165) is 10.5 Å². The second-order valence-electron chi connectivity index (χ2n) is 5.40. The molecule has 1 aromatic carbocycles. The maximum atomic E-state index is 12.2. The van der Waals surface area contributed by atoms with Gasteiger partial charge in [0.2, 0.25) is 5.91 Å². The molecular formula is C15H25ClN2O3S. The number of ether oxygens (including phenoxy) is 2. The molecule has 1 aromatic rings. The second kappa shape index (κ2) is 8.50. The molecule has 0 aliphatic carbocycles. The fourth-order valence-corrected chi connectivity index (χ4v) is 2.65. The van der Waals surface area contributed by atoms with Crippen molar-refractivity contribution >= 4 is 30.1 Å². The van der Waals surface area contributed by atoms with Crippen molar-refractivity contribution in [2.75, 3.05) is 27.5 Å². The van der Waals surface area contributed by atoms with E-state index in [2.05, 4.69) is 0 Å². The topological polar surface area (TPSA) is 64.8 Å². The van der Waals surface area contributed by atoms with E-state index in [0.29, 0.717) is 18.0 Å². The number of thioether (sulfide) groups is 1. The number of nitrogens with two attached hydrogens (primary N) is 1. The van der Waals surface area contributed by atoms with Gasteiger partial charge in [0, 0.05) is 18.5 Å². The number of amides is 1. The van der Waals surface area contributed by atoms with Crippen molar-refractivity contribution in [1.29, 1.82) is 0 Å². The van der Waals surface area contributed by atoms with Crippen molar-refractivity contribution in [2.24, 2.45) is 5.73 Å². The normalized spacial score (nSPS) is 10.7. The van der Waals surface area contributed by atoms with E-state index in [4.69, 9.17) is 15.2 Å². The van der Waals surface area contributed by atoms with E-state index in [-0.39, 0.29) is 18.3 Å². The number of carbonyl (C=O) groups is 1. The summed E-state index contributed by atoms with van der Waals surface area (Å²) < 4.78 is 10.6. The summed E-state index contributed by atoms with van der Waals surface area (Å²) in [4.78, 5) is 14.9. The molecule has 0 atom stereocenters. The summed E-state index contributed by atoms with van der Waals surface area (Å²) in [6.45, 7) is 3.88. The van der Waals surface area contributed by atoms with E-state index in [1.54, 1.807) is 51.8 Å². The molecule has 0 fully saturated rings. The molecule has 22 heavy (non-hydrogen) atoms. The Morgan fingerprint density at radius 2 is 1.77 bits per heavy atom. The highest BCUT2D eigenvalue weighted by Gasteiger charge is 2.26. The van der Waals surface area contributed by atoms with Gasteiger partial charge in [-0.1, -0.05) is 0 Å². The molecule has 0 aromatic heterocycles. The third-order valence-electron chi connectivity index (χ3n) is 3.09. The Morgan fingerprint density at radius 3 is 2.18 bits per heavy atom. The standard InChI is InChI=1S/C15H24N2O3S.ClH/c1-15(2,16)14(18)17(3)9-10-7-11(19-4)12(20-5)8-13(10)21-6;/h7-8H,9,16H2,1-6H3;1H. The monoisotopic (exact) mass is 348 g/mol. The molecule has 126 valence electrons. The molecule has 7 heteroatoms. The molecule has 0 radical (unpaired) electrons. The lowest BCUT2D eigenvalue weighted by Gasteiger charge is -2.26. The van der Waals surface area contributed by atoms with Crippen LogP contribution in [0.3, 0.4) is 0 Å². The quantitative estimate of drug-likeness (QED) is 0.800. The number of likely N-dealkylation sites (N-methyl/N-ethyl adjacent to an activating group) is 1. The van der Waals surface area contributed by atoms with Crippen LogP contribution in [-0.4, -0.2) is 43.9 Å². The summed E-state index contributed by atoms with van der Waals surface area (Å²) >= 11 is 1.60. The zero-order chi connectivity index (χ0) is 16.2. The molecule has 0 aliphatic rings. The van der Waals surface area contributed by atoms with Gasteiger partial charge in [0.15, 0.2) is 11.5 Å². The Kier molecular flexibility index (Phi) is 8.07. The zero-order valence-corrected chi connectivity index (χ0v) is 15.6. The first-order valence-corrected chi connectivity index (χ1v) is 7.80. The van der Waals surface area contributed by atoms with Crippen molar-refractivity contribution in [1.82, 2.24) is 4.90 Å². The van der Waals surface area contributed by atoms with Crippen molar-refractivity contribution in [3.63, 3.8) is 0 Å². The Bertz CT molecular complexity index is 518. The first kappa shape index (κ1) is 20.9. The molecule has 0 heterocycles. The van der Waals surface area contributed by atoms with Gasteiger partial charge in [-0.05, 0) is 37.8 Å². The molecule has 0 unspecified atom stereocenters. The predicted molar refractivity (Wildman–Crippen MR) is 93.3 cm³/mol. The largest absolute Gasteiger partial charge is 0.493 e. The van der Waals surface area contributed by atoms with Crippen LogP contribution < -0.4 is 15.2 Å². The van der Waals surface area contributed by atoms with Crippen LogP contribution in [0.1, 0.15) is 19.4 Å². The minimum absolute atomic E-state index is 0. The highest BCUT2D eigenvalue weighted by molar-refractivity contribution is 7.98. The molecule has 1 rings (SSSR count). The molecule has 0 bridgehead atoms. The van der Waals surface area contributed by atoms with Gasteiger partial charge in [0.05, 0.1) is 19.8 Å². The van der Waals surface area contributed by atoms with E-state index in [1.165, 1.54) is 0 Å². The Morgan fingerprint density at radius 1 is 1.27 bits per heavy atom. The van der Waals surface area contributed by atoms with Crippen molar-refractivity contribution in [2.45, 2.75) is 30.8 Å². The average Bonchev–Trinajstić information content (AvgIpc) is 2.44. The van der Waals surface area contributed by atoms with Crippen LogP contribution in [0.15, 0.2) is 17.0 Å². The van der Waals surface area contributed by atoms with E-state index >= 15 is 0 Å². The zero-order valence-electron chi connectivity index (χ0n) is 13.9. The Hall–Kier alpha value is -1.11. The number of methoxy groups -OCH3 is 2. The summed E-state index contributed by atoms with van der Waals surface area (Å²) in [5.74, 6) is 1.22. The fraction of sp³-hybridized carbons (Fsp3) is 0.533. The Balaban J connectivity index is 0.00000441. The van der Waals surface area contributed by atoms with Gasteiger partial charge in [-0.15, -0.1) is 24.2 Å². The number of rotatable bonds is 6. The molecule has 0 saturated carbocycles. The predicted octanol–water partition coefficient (Wildman–Crippen LogP) is 2.54. The summed E-state index contributed by atoms with van der Waals surface area (Å²) in [6, 6.07) is 3.82. The van der Waals surface area contributed by atoms with E-state index in [1.807, 2.05) is 18.4 Å². The first-order valence-electron chi connectivity index (χ1n) is 6.58. The second-order valence-corrected chi connectivity index (χ2v) is 6.25. The van der Waals surface area contributed by atoms with Crippen LogP contribution in [0.4, 0.5) is 0 Å². The van der Waals surface area contributed by atoms with Crippen molar-refractivity contribution in [3.8, 4) is 11.5 Å². The Labute approximate surface area is 142 Å². The number of hydrogen-bond acceptors (Lipinski definition) is 5. The summed E-state index contributed by atoms with van der Waals surface area (Å²) in [7, 11) is 4.95. The molecule has 0 saturated heterocycles. The van der Waals surface area contributed by atoms with Gasteiger partial charge in [-0.25, -0.2) is 0 Å². The fourth-order valence-electron chi connectivity index (χ4n) is 2.04. The number of halogens is 1. The average molecular weight is 349 g/mol. The third kappa shape index (κ3) is 4.97. The minimum atomic E-state index is -0.884. The van der Waals surface area contributed by atoms with Crippen LogP contribution in [0.5, 0.6) is 11.5 Å². The minimum Gasteiger partial charge on any atom is -0.493 e. The van der Waals surface area contributed by atoms with Gasteiger partial charge < -0.3 is 20.1 Å². The number of carbonyl (C=O) groups excluding carboxylic acids is 1. The lowest BCUT2D eigenvalue weighted by atomic mass is 10.1. The van der Waals surface area contributed by atoms with E-state index < -0.39 is 5.54 Å². The van der Waals surface area contributed by atoms with E-state index in [9.17, 15) is 4.79 Å². The third-order valence-corrected chi connectivity index (χ3v) is 3.91. The van der Waals surface area contributed by atoms with Crippen LogP contribution in [0, 0.1) is 0 Å². The molecule has 0 aliphatic heterocycles. The molecule has 5 nitrogen and oxygen atoms in total. The van der Waals surface area contributed by atoms with Gasteiger partial charge in [0.25, 0.3) is 0 Å². The molecule has 2 N–H and O–H groups in total. The van der Waals surface area contributed by atoms with Crippen LogP contribution in [0.2, 0.25) is 0 Å². The van der Waals surface area contributed by atoms with Crippen LogP contribution in [0.25, 0.3) is 0 Å². The molecule has 1 amide bonds. The lowest BCUT2D eigenvalue weighted by molar-refractivity contribution is -0.135. The summed E-state index contributed by atoms with van der Waals surface area (Å²) in [6.07, 6.45) is 1.99. The molecular weight excluding hydrogens is 324 g/mol. The maximum absolute atomic E-state index is 12.2.